The normalized spacial score (nSPS) is 19.7. The molecule has 0 aliphatic heterocycles. The minimum Gasteiger partial charge on any atom is -0.550 e. The first-order valence-electron chi connectivity index (χ1n) is 9.08. The molecule has 7 nitrogen and oxygen atoms in total. The van der Waals surface area contributed by atoms with E-state index in [9.17, 15) is 24.6 Å². The molecule has 1 fully saturated rings. The molecule has 2 aromatic rings. The van der Waals surface area contributed by atoms with Gasteiger partial charge in [0, 0.05) is 24.0 Å². The fourth-order valence-corrected chi connectivity index (χ4v) is 3.67. The van der Waals surface area contributed by atoms with Gasteiger partial charge in [-0.3, -0.25) is 4.79 Å². The molecule has 0 saturated heterocycles. The van der Waals surface area contributed by atoms with Crippen molar-refractivity contribution < 1.29 is 24.2 Å². The Balaban J connectivity index is 1.62. The number of carboxylic acids is 1. The number of carbonyl (C=O) groups is 2. The van der Waals surface area contributed by atoms with Crippen molar-refractivity contribution in [1.82, 2.24) is 5.32 Å². The predicted molar refractivity (Wildman–Crippen MR) is 96.1 cm³/mol. The molecule has 1 amide bonds. The molecule has 0 atom stereocenters. The fraction of sp³-hybridized carbons (Fsp3) is 0.450. The Hall–Kier alpha value is -2.83. The second-order valence-electron chi connectivity index (χ2n) is 7.19. The van der Waals surface area contributed by atoms with Crippen molar-refractivity contribution in [2.24, 2.45) is 11.8 Å². The second kappa shape index (κ2) is 7.82. The van der Waals surface area contributed by atoms with Crippen molar-refractivity contribution in [2.45, 2.75) is 39.0 Å². The van der Waals surface area contributed by atoms with Crippen LogP contribution >= 0.6 is 0 Å². The average molecular weight is 372 g/mol. The topological polar surface area (TPSA) is 120 Å². The molecule has 1 aliphatic rings. The quantitative estimate of drug-likeness (QED) is 0.756. The van der Waals surface area contributed by atoms with Gasteiger partial charge in [0.05, 0.1) is 12.0 Å². The van der Waals surface area contributed by atoms with Crippen LogP contribution in [-0.2, 0) is 16.0 Å². The van der Waals surface area contributed by atoms with Crippen molar-refractivity contribution in [3.8, 4) is 5.75 Å². The van der Waals surface area contributed by atoms with E-state index in [0.29, 0.717) is 35.9 Å². The minimum atomic E-state index is -0.996. The number of aromatic hydroxyl groups is 1. The lowest BCUT2D eigenvalue weighted by Gasteiger charge is -2.29. The van der Waals surface area contributed by atoms with Gasteiger partial charge in [-0.05, 0) is 62.1 Å². The van der Waals surface area contributed by atoms with E-state index in [4.69, 9.17) is 4.42 Å². The summed E-state index contributed by atoms with van der Waals surface area (Å²) >= 11 is 0. The van der Waals surface area contributed by atoms with E-state index in [1.807, 2.05) is 0 Å². The van der Waals surface area contributed by atoms with Crippen LogP contribution in [-0.4, -0.2) is 23.5 Å². The van der Waals surface area contributed by atoms with Crippen LogP contribution in [0, 0.1) is 18.8 Å². The first-order chi connectivity index (χ1) is 12.8. The highest BCUT2D eigenvalue weighted by atomic mass is 16.4. The Morgan fingerprint density at radius 3 is 2.63 bits per heavy atom. The van der Waals surface area contributed by atoms with Gasteiger partial charge in [0.2, 0.25) is 5.91 Å². The first kappa shape index (κ1) is 18.9. The van der Waals surface area contributed by atoms with E-state index in [1.165, 1.54) is 12.1 Å². The molecule has 1 heterocycles. The molecule has 7 heteroatoms. The van der Waals surface area contributed by atoms with Crippen molar-refractivity contribution >= 4 is 22.8 Å². The van der Waals surface area contributed by atoms with Crippen LogP contribution in [0.25, 0.3) is 11.0 Å². The van der Waals surface area contributed by atoms with Crippen molar-refractivity contribution in [2.75, 3.05) is 6.54 Å². The van der Waals surface area contributed by atoms with E-state index in [2.05, 4.69) is 5.32 Å². The molecule has 0 bridgehead atoms. The molecule has 1 aliphatic carbocycles. The number of amides is 1. The van der Waals surface area contributed by atoms with Gasteiger partial charge in [-0.1, -0.05) is 0 Å². The summed E-state index contributed by atoms with van der Waals surface area (Å²) in [6, 6.07) is 4.53. The molecular formula is C20H22NO6-. The number of carbonyl (C=O) groups excluding carboxylic acids is 2. The highest BCUT2D eigenvalue weighted by molar-refractivity contribution is 5.85. The Morgan fingerprint density at radius 2 is 1.96 bits per heavy atom. The predicted octanol–water partition coefficient (Wildman–Crippen LogP) is 1.02. The van der Waals surface area contributed by atoms with Gasteiger partial charge in [-0.25, -0.2) is 4.79 Å². The maximum atomic E-state index is 12.3. The van der Waals surface area contributed by atoms with Crippen LogP contribution < -0.4 is 16.0 Å². The summed E-state index contributed by atoms with van der Waals surface area (Å²) < 4.78 is 5.23. The zero-order chi connectivity index (χ0) is 19.6. The van der Waals surface area contributed by atoms with Crippen LogP contribution in [0.1, 0.15) is 36.8 Å². The number of phenolic OH excluding ortho intramolecular Hbond substituents is 1. The number of aliphatic carboxylic acids is 1. The minimum absolute atomic E-state index is 0.00365. The molecule has 0 spiro atoms. The lowest BCUT2D eigenvalue weighted by atomic mass is 9.82. The van der Waals surface area contributed by atoms with E-state index < -0.39 is 11.6 Å². The summed E-state index contributed by atoms with van der Waals surface area (Å²) in [6.07, 6.45) is 2.53. The molecule has 0 unspecified atom stereocenters. The third kappa shape index (κ3) is 4.30. The maximum Gasteiger partial charge on any atom is 0.340 e. The fourth-order valence-electron chi connectivity index (χ4n) is 3.67. The number of fused-ring (bicyclic) bond motifs is 1. The number of hydrogen-bond acceptors (Lipinski definition) is 6. The monoisotopic (exact) mass is 372 g/mol. The van der Waals surface area contributed by atoms with Crippen molar-refractivity contribution in [1.29, 1.82) is 0 Å². The smallest absolute Gasteiger partial charge is 0.340 e. The number of carboxylic acid groups (broad SMARTS) is 1. The zero-order valence-corrected chi connectivity index (χ0v) is 15.1. The molecular weight excluding hydrogens is 350 g/mol. The number of nitrogens with one attached hydrogen (secondary N) is 1. The molecule has 1 aromatic heterocycles. The van der Waals surface area contributed by atoms with Crippen LogP contribution in [0.4, 0.5) is 0 Å². The highest BCUT2D eigenvalue weighted by Crippen LogP contribution is 2.28. The molecule has 144 valence electrons. The van der Waals surface area contributed by atoms with Crippen LogP contribution in [0.3, 0.4) is 0 Å². The number of aryl methyl sites for hydroxylation is 1. The molecule has 1 aromatic carbocycles. The molecule has 1 saturated carbocycles. The van der Waals surface area contributed by atoms with Gasteiger partial charge < -0.3 is 24.7 Å². The molecule has 27 heavy (non-hydrogen) atoms. The van der Waals surface area contributed by atoms with Crippen LogP contribution in [0.2, 0.25) is 0 Å². The summed E-state index contributed by atoms with van der Waals surface area (Å²) in [7, 11) is 0. The molecule has 0 radical (unpaired) electrons. The third-order valence-electron chi connectivity index (χ3n) is 5.38. The van der Waals surface area contributed by atoms with Crippen LogP contribution in [0.5, 0.6) is 5.75 Å². The van der Waals surface area contributed by atoms with E-state index in [1.54, 1.807) is 13.0 Å². The van der Waals surface area contributed by atoms with E-state index in [-0.39, 0.29) is 35.5 Å². The first-order valence-corrected chi connectivity index (χ1v) is 9.08. The Labute approximate surface area is 156 Å². The number of benzene rings is 1. The van der Waals surface area contributed by atoms with Gasteiger partial charge in [0.25, 0.3) is 0 Å². The van der Waals surface area contributed by atoms with Gasteiger partial charge in [-0.2, -0.15) is 0 Å². The number of hydrogen-bond donors (Lipinski definition) is 2. The zero-order valence-electron chi connectivity index (χ0n) is 15.1. The second-order valence-corrected chi connectivity index (χ2v) is 7.19. The van der Waals surface area contributed by atoms with E-state index >= 15 is 0 Å². The highest BCUT2D eigenvalue weighted by Gasteiger charge is 2.22. The van der Waals surface area contributed by atoms with E-state index in [0.717, 1.165) is 12.8 Å². The van der Waals surface area contributed by atoms with Crippen molar-refractivity contribution in [3.63, 3.8) is 0 Å². The maximum absolute atomic E-state index is 12.3. The summed E-state index contributed by atoms with van der Waals surface area (Å²) in [5.74, 6) is -1.42. The summed E-state index contributed by atoms with van der Waals surface area (Å²) in [4.78, 5) is 35.4. The lowest BCUT2D eigenvalue weighted by molar-refractivity contribution is -0.312. The van der Waals surface area contributed by atoms with Gasteiger partial charge >= 0.3 is 5.63 Å². The SMILES string of the molecule is Cc1c(CC(=O)NCC2CCC(C(=O)[O-])CC2)c(=O)oc2cc(O)ccc12. The summed E-state index contributed by atoms with van der Waals surface area (Å²) in [5, 5.41) is 23.9. The Bertz CT molecular complexity index is 924. The molecule has 3 rings (SSSR count). The largest absolute Gasteiger partial charge is 0.550 e. The van der Waals surface area contributed by atoms with Gasteiger partial charge in [0.15, 0.2) is 0 Å². The number of rotatable bonds is 5. The standard InChI is InChI=1S/C20H23NO6/c1-11-15-7-6-14(22)8-17(15)27-20(26)16(11)9-18(23)21-10-12-2-4-13(5-3-12)19(24)25/h6-8,12-13,22H,2-5,9-10H2,1H3,(H,21,23)(H,24,25)/p-1. The van der Waals surface area contributed by atoms with Gasteiger partial charge in [0.1, 0.15) is 11.3 Å². The van der Waals surface area contributed by atoms with Gasteiger partial charge in [-0.15, -0.1) is 0 Å². The van der Waals surface area contributed by atoms with Crippen molar-refractivity contribution in [3.05, 3.63) is 39.7 Å². The Morgan fingerprint density at radius 1 is 1.26 bits per heavy atom. The number of phenols is 1. The summed E-state index contributed by atoms with van der Waals surface area (Å²) in [5.41, 5.74) is 0.652. The summed E-state index contributed by atoms with van der Waals surface area (Å²) in [6.45, 7) is 2.21. The Kier molecular flexibility index (Phi) is 5.48. The lowest BCUT2D eigenvalue weighted by Crippen LogP contribution is -2.37. The third-order valence-corrected chi connectivity index (χ3v) is 5.38. The molecule has 2 N–H and O–H groups in total. The average Bonchev–Trinajstić information content (AvgIpc) is 2.63. The van der Waals surface area contributed by atoms with Crippen LogP contribution in [0.15, 0.2) is 27.4 Å².